The Balaban J connectivity index is 0.000000181. The van der Waals surface area contributed by atoms with E-state index in [1.165, 1.54) is 25.7 Å². The van der Waals surface area contributed by atoms with E-state index in [2.05, 4.69) is 73.1 Å². The summed E-state index contributed by atoms with van der Waals surface area (Å²) in [6.45, 7) is 14.1. The topological polar surface area (TPSA) is 116 Å². The van der Waals surface area contributed by atoms with Gasteiger partial charge in [-0.05, 0) is 131 Å². The Morgan fingerprint density at radius 1 is 0.674 bits per heavy atom. The van der Waals surface area contributed by atoms with Gasteiger partial charge in [0.05, 0.1) is 30.4 Å². The van der Waals surface area contributed by atoms with E-state index in [-0.39, 0.29) is 34.9 Å². The van der Waals surface area contributed by atoms with Crippen LogP contribution in [0.1, 0.15) is 138 Å². The highest BCUT2D eigenvalue weighted by Crippen LogP contribution is 2.39. The van der Waals surface area contributed by atoms with Crippen molar-refractivity contribution < 1.29 is 14.3 Å². The van der Waals surface area contributed by atoms with Gasteiger partial charge in [0.2, 0.25) is 11.8 Å². The molecule has 0 bridgehead atoms. The van der Waals surface area contributed by atoms with E-state index in [9.17, 15) is 9.59 Å². The minimum absolute atomic E-state index is 0.0518. The molecule has 2 aliphatic heterocycles. The van der Waals surface area contributed by atoms with Crippen molar-refractivity contribution in [2.24, 2.45) is 22.7 Å². The molecule has 0 aromatic carbocycles. The van der Waals surface area contributed by atoms with E-state index in [1.54, 1.807) is 6.34 Å². The first-order chi connectivity index (χ1) is 21.8. The van der Waals surface area contributed by atoms with E-state index in [1.807, 2.05) is 0 Å². The zero-order valence-corrected chi connectivity index (χ0v) is 29.8. The second-order valence-corrected chi connectivity index (χ2v) is 17.4. The summed E-state index contributed by atoms with van der Waals surface area (Å²) in [5.41, 5.74) is 0.283. The first-order valence-corrected chi connectivity index (χ1v) is 18.9. The molecule has 46 heavy (non-hydrogen) atoms. The van der Waals surface area contributed by atoms with Crippen LogP contribution < -0.4 is 26.6 Å². The van der Waals surface area contributed by atoms with Crippen molar-refractivity contribution in [1.82, 2.24) is 26.6 Å². The highest BCUT2D eigenvalue weighted by molar-refractivity contribution is 5.81. The van der Waals surface area contributed by atoms with Gasteiger partial charge in [-0.25, -0.2) is 0 Å². The molecule has 1 saturated heterocycles. The van der Waals surface area contributed by atoms with E-state index in [0.717, 1.165) is 77.2 Å². The minimum atomic E-state index is 0.0518. The molecule has 9 nitrogen and oxygen atoms in total. The van der Waals surface area contributed by atoms with Crippen LogP contribution >= 0.6 is 0 Å². The Hall–Kier alpha value is -1.71. The highest BCUT2D eigenvalue weighted by Gasteiger charge is 2.42. The molecular formula is C37H66N6O3. The second kappa shape index (κ2) is 15.7. The van der Waals surface area contributed by atoms with Crippen LogP contribution in [0, 0.1) is 17.8 Å². The maximum atomic E-state index is 12.8. The molecule has 4 saturated carbocycles. The third-order valence-electron chi connectivity index (χ3n) is 11.2. The van der Waals surface area contributed by atoms with E-state index < -0.39 is 0 Å². The fourth-order valence-electron chi connectivity index (χ4n) is 9.33. The number of ether oxygens (including phenoxy) is 1. The quantitative estimate of drug-likeness (QED) is 0.279. The maximum absolute atomic E-state index is 12.8. The predicted octanol–water partition coefficient (Wildman–Crippen LogP) is 4.98. The lowest BCUT2D eigenvalue weighted by molar-refractivity contribution is -0.130. The summed E-state index contributed by atoms with van der Waals surface area (Å²) in [5.74, 6) is 1.23. The van der Waals surface area contributed by atoms with Gasteiger partial charge in [0.15, 0.2) is 0 Å². The lowest BCUT2D eigenvalue weighted by Gasteiger charge is -2.37. The molecule has 10 unspecified atom stereocenters. The molecule has 5 N–H and O–H groups in total. The Morgan fingerprint density at radius 3 is 1.80 bits per heavy atom. The molecule has 4 aliphatic carbocycles. The molecule has 0 aromatic heterocycles. The Kier molecular flexibility index (Phi) is 12.1. The second-order valence-electron chi connectivity index (χ2n) is 17.4. The number of hydrogen-bond acceptors (Lipinski definition) is 7. The summed E-state index contributed by atoms with van der Waals surface area (Å²) in [6, 6.07) is 2.23. The number of carbonyl (C=O) groups is 2. The molecule has 262 valence electrons. The minimum Gasteiger partial charge on any atom is -0.378 e. The summed E-state index contributed by atoms with van der Waals surface area (Å²) >= 11 is 0. The summed E-state index contributed by atoms with van der Waals surface area (Å²) in [6.07, 6.45) is 19.0. The molecule has 9 heteroatoms. The Labute approximate surface area is 279 Å². The van der Waals surface area contributed by atoms with Crippen LogP contribution in [0.3, 0.4) is 0 Å². The van der Waals surface area contributed by atoms with Gasteiger partial charge >= 0.3 is 0 Å². The van der Waals surface area contributed by atoms with Crippen LogP contribution in [-0.2, 0) is 14.3 Å². The van der Waals surface area contributed by atoms with Crippen LogP contribution in [0.25, 0.3) is 0 Å². The van der Waals surface area contributed by atoms with Gasteiger partial charge < -0.3 is 31.3 Å². The van der Waals surface area contributed by atoms with Crippen LogP contribution in [0.4, 0.5) is 0 Å². The lowest BCUT2D eigenvalue weighted by Crippen LogP contribution is -2.52. The number of hydrogen-bond donors (Lipinski definition) is 5. The summed E-state index contributed by atoms with van der Waals surface area (Å²) in [5, 5.41) is 17.4. The van der Waals surface area contributed by atoms with Crippen molar-refractivity contribution in [3.05, 3.63) is 0 Å². The summed E-state index contributed by atoms with van der Waals surface area (Å²) < 4.78 is 5.81. The Morgan fingerprint density at radius 2 is 1.20 bits per heavy atom. The molecular weight excluding hydrogens is 576 g/mol. The monoisotopic (exact) mass is 643 g/mol. The van der Waals surface area contributed by atoms with Crippen molar-refractivity contribution in [3.63, 3.8) is 0 Å². The van der Waals surface area contributed by atoms with E-state index >= 15 is 0 Å². The molecule has 0 spiro atoms. The fraction of sp³-hybridized carbons (Fsp3) is 0.919. The average molecular weight is 643 g/mol. The molecule has 0 radical (unpaired) electrons. The molecule has 5 fully saturated rings. The van der Waals surface area contributed by atoms with Gasteiger partial charge in [-0.3, -0.25) is 14.6 Å². The molecule has 6 aliphatic rings. The van der Waals surface area contributed by atoms with Crippen molar-refractivity contribution in [2.45, 2.75) is 191 Å². The number of aliphatic imine (C=N–C) groups is 1. The SMILES string of the molecule is CC(C)(C)NC1CCCC(NC(=O)C2CCCC3NC=NC32)C1.CC(C)(C)NC1CCCC(NC(=O)C2CCCC3OCCC32)C1. The number of fused-ring (bicyclic) bond motifs is 2. The normalized spacial score (nSPS) is 37.6. The van der Waals surface area contributed by atoms with Gasteiger partial charge in [0.1, 0.15) is 0 Å². The van der Waals surface area contributed by atoms with Crippen LogP contribution in [-0.4, -0.2) is 78.2 Å². The van der Waals surface area contributed by atoms with Gasteiger partial charge in [0.25, 0.3) is 0 Å². The molecule has 0 aromatic rings. The molecule has 6 rings (SSSR count). The van der Waals surface area contributed by atoms with Crippen molar-refractivity contribution in [2.75, 3.05) is 6.61 Å². The third-order valence-corrected chi connectivity index (χ3v) is 11.2. The maximum Gasteiger partial charge on any atom is 0.225 e. The summed E-state index contributed by atoms with van der Waals surface area (Å²) in [7, 11) is 0. The fourth-order valence-corrected chi connectivity index (χ4v) is 9.33. The summed E-state index contributed by atoms with van der Waals surface area (Å²) in [4.78, 5) is 30.1. The third kappa shape index (κ3) is 10.1. The van der Waals surface area contributed by atoms with Crippen molar-refractivity contribution >= 4 is 18.2 Å². The predicted molar refractivity (Wildman–Crippen MR) is 186 cm³/mol. The van der Waals surface area contributed by atoms with Gasteiger partial charge in [-0.1, -0.05) is 12.8 Å². The van der Waals surface area contributed by atoms with Crippen LogP contribution in [0.2, 0.25) is 0 Å². The number of rotatable bonds is 6. The lowest BCUT2D eigenvalue weighted by atomic mass is 9.76. The van der Waals surface area contributed by atoms with Crippen LogP contribution in [0.15, 0.2) is 4.99 Å². The van der Waals surface area contributed by atoms with E-state index in [4.69, 9.17) is 4.74 Å². The number of carbonyl (C=O) groups excluding carboxylic acids is 2. The standard InChI is InChI=1S/C19H34N2O2.C18H32N4O/c1-19(2,3)21-14-7-4-6-13(12-14)20-18(22)16-8-5-9-17-15(16)10-11-23-17;1-18(2,3)22-13-7-4-6-12(10-13)21-17(23)14-8-5-9-15-16(14)20-11-19-15/h13-17,21H,4-12H2,1-3H3,(H,20,22);11-16,22H,4-10H2,1-3H3,(H,19,20)(H,21,23). The average Bonchev–Trinajstić information content (AvgIpc) is 3.66. The van der Waals surface area contributed by atoms with Gasteiger partial charge in [-0.2, -0.15) is 0 Å². The number of nitrogens with zero attached hydrogens (tertiary/aromatic N) is 1. The Bertz CT molecular complexity index is 1040. The first-order valence-electron chi connectivity index (χ1n) is 18.9. The molecule has 2 amide bonds. The van der Waals surface area contributed by atoms with Gasteiger partial charge in [0, 0.05) is 47.8 Å². The highest BCUT2D eigenvalue weighted by atomic mass is 16.5. The molecule has 2 heterocycles. The zero-order valence-electron chi connectivity index (χ0n) is 29.8. The smallest absolute Gasteiger partial charge is 0.225 e. The van der Waals surface area contributed by atoms with Gasteiger partial charge in [-0.15, -0.1) is 0 Å². The number of nitrogens with one attached hydrogen (secondary N) is 5. The van der Waals surface area contributed by atoms with Crippen LogP contribution in [0.5, 0.6) is 0 Å². The largest absolute Gasteiger partial charge is 0.378 e. The zero-order chi connectivity index (χ0) is 32.9. The molecule has 10 atom stereocenters. The first kappa shape index (κ1) is 35.6. The van der Waals surface area contributed by atoms with Crippen molar-refractivity contribution in [3.8, 4) is 0 Å². The van der Waals surface area contributed by atoms with E-state index in [0.29, 0.717) is 48.1 Å². The number of amides is 2. The van der Waals surface area contributed by atoms with Crippen molar-refractivity contribution in [1.29, 1.82) is 0 Å².